The Kier molecular flexibility index (Phi) is 5.02. The van der Waals surface area contributed by atoms with E-state index in [1.807, 2.05) is 13.8 Å². The molecule has 0 spiro atoms. The zero-order valence-corrected chi connectivity index (χ0v) is 10.4. The van der Waals surface area contributed by atoms with Gasteiger partial charge < -0.3 is 5.32 Å². The smallest absolute Gasteiger partial charge is 0.211 e. The van der Waals surface area contributed by atoms with E-state index < -0.39 is 10.0 Å². The molecule has 2 N–H and O–H groups in total. The first-order valence-corrected chi connectivity index (χ1v) is 7.33. The van der Waals surface area contributed by atoms with Crippen molar-refractivity contribution in [3.05, 3.63) is 0 Å². The maximum atomic E-state index is 11.6. The zero-order chi connectivity index (χ0) is 11.3. The van der Waals surface area contributed by atoms with Crippen LogP contribution in [0.1, 0.15) is 26.7 Å². The second-order valence-corrected chi connectivity index (χ2v) is 6.57. The Morgan fingerprint density at radius 3 is 2.47 bits per heavy atom. The SMILES string of the molecule is CC(C)CS(=O)(=O)NCC1CCNCC1. The third-order valence-corrected chi connectivity index (χ3v) is 4.32. The fourth-order valence-corrected chi connectivity index (χ4v) is 3.31. The molecular weight excluding hydrogens is 212 g/mol. The van der Waals surface area contributed by atoms with Crippen LogP contribution in [0.5, 0.6) is 0 Å². The Morgan fingerprint density at radius 2 is 1.93 bits per heavy atom. The normalized spacial score (nSPS) is 19.7. The number of rotatable bonds is 5. The van der Waals surface area contributed by atoms with Crippen LogP contribution >= 0.6 is 0 Å². The first-order chi connectivity index (χ1) is 6.99. The molecular formula is C10H22N2O2S. The van der Waals surface area contributed by atoms with E-state index in [0.29, 0.717) is 12.5 Å². The van der Waals surface area contributed by atoms with Crippen LogP contribution in [0.3, 0.4) is 0 Å². The van der Waals surface area contributed by atoms with Crippen molar-refractivity contribution in [1.29, 1.82) is 0 Å². The largest absolute Gasteiger partial charge is 0.317 e. The molecule has 1 fully saturated rings. The summed E-state index contributed by atoms with van der Waals surface area (Å²) in [6.45, 7) is 6.47. The highest BCUT2D eigenvalue weighted by molar-refractivity contribution is 7.89. The van der Waals surface area contributed by atoms with E-state index in [0.717, 1.165) is 25.9 Å². The first kappa shape index (κ1) is 12.9. The Labute approximate surface area is 92.9 Å². The molecule has 0 atom stereocenters. The molecule has 0 saturated carbocycles. The van der Waals surface area contributed by atoms with Gasteiger partial charge in [0.2, 0.25) is 10.0 Å². The summed E-state index contributed by atoms with van der Waals surface area (Å²) in [5.74, 6) is 0.932. The molecule has 0 unspecified atom stereocenters. The second-order valence-electron chi connectivity index (χ2n) is 4.72. The summed E-state index contributed by atoms with van der Waals surface area (Å²) in [6.07, 6.45) is 2.15. The predicted octanol–water partition coefficient (Wildman–Crippen LogP) is 0.561. The van der Waals surface area contributed by atoms with Gasteiger partial charge in [0.1, 0.15) is 0 Å². The van der Waals surface area contributed by atoms with Crippen LogP contribution in [0.2, 0.25) is 0 Å². The Morgan fingerprint density at radius 1 is 1.33 bits per heavy atom. The average molecular weight is 234 g/mol. The van der Waals surface area contributed by atoms with Crippen molar-refractivity contribution in [3.8, 4) is 0 Å². The topological polar surface area (TPSA) is 58.2 Å². The van der Waals surface area contributed by atoms with Crippen molar-refractivity contribution < 1.29 is 8.42 Å². The van der Waals surface area contributed by atoms with E-state index in [1.54, 1.807) is 0 Å². The lowest BCUT2D eigenvalue weighted by molar-refractivity contribution is 0.372. The molecule has 0 aromatic carbocycles. The van der Waals surface area contributed by atoms with Crippen LogP contribution in [0, 0.1) is 11.8 Å². The fraction of sp³-hybridized carbons (Fsp3) is 1.00. The number of piperidine rings is 1. The van der Waals surface area contributed by atoms with E-state index in [9.17, 15) is 8.42 Å². The molecule has 0 radical (unpaired) electrons. The molecule has 15 heavy (non-hydrogen) atoms. The van der Waals surface area contributed by atoms with Crippen molar-refractivity contribution in [3.63, 3.8) is 0 Å². The molecule has 5 heteroatoms. The molecule has 0 bridgehead atoms. The van der Waals surface area contributed by atoms with Gasteiger partial charge in [-0.05, 0) is 37.8 Å². The highest BCUT2D eigenvalue weighted by Gasteiger charge is 2.17. The summed E-state index contributed by atoms with van der Waals surface area (Å²) in [5.41, 5.74) is 0. The summed E-state index contributed by atoms with van der Waals surface area (Å²) >= 11 is 0. The summed E-state index contributed by atoms with van der Waals surface area (Å²) in [4.78, 5) is 0. The second kappa shape index (κ2) is 5.82. The lowest BCUT2D eigenvalue weighted by atomic mass is 9.99. The highest BCUT2D eigenvalue weighted by Crippen LogP contribution is 2.10. The lowest BCUT2D eigenvalue weighted by Gasteiger charge is -2.22. The Hall–Kier alpha value is -0.130. The zero-order valence-electron chi connectivity index (χ0n) is 9.62. The third-order valence-electron chi connectivity index (χ3n) is 2.60. The van der Waals surface area contributed by atoms with Crippen molar-refractivity contribution in [2.75, 3.05) is 25.4 Å². The highest BCUT2D eigenvalue weighted by atomic mass is 32.2. The van der Waals surface area contributed by atoms with Crippen molar-refractivity contribution in [2.45, 2.75) is 26.7 Å². The first-order valence-electron chi connectivity index (χ1n) is 5.67. The van der Waals surface area contributed by atoms with Crippen molar-refractivity contribution in [1.82, 2.24) is 10.0 Å². The quantitative estimate of drug-likeness (QED) is 0.731. The van der Waals surface area contributed by atoms with Gasteiger partial charge in [-0.1, -0.05) is 13.8 Å². The maximum Gasteiger partial charge on any atom is 0.211 e. The summed E-state index contributed by atoms with van der Waals surface area (Å²) in [6, 6.07) is 0. The average Bonchev–Trinajstić information content (AvgIpc) is 2.15. The van der Waals surface area contributed by atoms with E-state index in [4.69, 9.17) is 0 Å². The summed E-state index contributed by atoms with van der Waals surface area (Å²) in [5, 5.41) is 3.27. The van der Waals surface area contributed by atoms with Gasteiger partial charge in [0.25, 0.3) is 0 Å². The Bertz CT molecular complexity index is 269. The van der Waals surface area contributed by atoms with Crippen LogP contribution in [0.4, 0.5) is 0 Å². The van der Waals surface area contributed by atoms with E-state index in [-0.39, 0.29) is 11.7 Å². The maximum absolute atomic E-state index is 11.6. The molecule has 4 nitrogen and oxygen atoms in total. The number of hydrogen-bond acceptors (Lipinski definition) is 3. The van der Waals surface area contributed by atoms with Crippen LogP contribution in [0.25, 0.3) is 0 Å². The van der Waals surface area contributed by atoms with Crippen LogP contribution < -0.4 is 10.0 Å². The minimum atomic E-state index is -3.05. The van der Waals surface area contributed by atoms with Crippen LogP contribution in [0.15, 0.2) is 0 Å². The van der Waals surface area contributed by atoms with Gasteiger partial charge in [0, 0.05) is 6.54 Å². The molecule has 0 aliphatic carbocycles. The molecule has 1 aliphatic heterocycles. The van der Waals surface area contributed by atoms with Crippen LogP contribution in [-0.2, 0) is 10.0 Å². The Balaban J connectivity index is 2.28. The summed E-state index contributed by atoms with van der Waals surface area (Å²) < 4.78 is 25.8. The third kappa shape index (κ3) is 5.49. The molecule has 0 amide bonds. The molecule has 1 saturated heterocycles. The minimum absolute atomic E-state index is 0.190. The molecule has 1 aliphatic rings. The van der Waals surface area contributed by atoms with Crippen molar-refractivity contribution in [2.24, 2.45) is 11.8 Å². The van der Waals surface area contributed by atoms with E-state index in [1.165, 1.54) is 0 Å². The van der Waals surface area contributed by atoms with Gasteiger partial charge in [-0.3, -0.25) is 0 Å². The summed E-state index contributed by atoms with van der Waals surface area (Å²) in [7, 11) is -3.05. The lowest BCUT2D eigenvalue weighted by Crippen LogP contribution is -2.37. The van der Waals surface area contributed by atoms with Crippen molar-refractivity contribution >= 4 is 10.0 Å². The molecule has 90 valence electrons. The number of sulfonamides is 1. The van der Waals surface area contributed by atoms with Gasteiger partial charge in [0.15, 0.2) is 0 Å². The van der Waals surface area contributed by atoms with Gasteiger partial charge in [-0.2, -0.15) is 0 Å². The monoisotopic (exact) mass is 234 g/mol. The fourth-order valence-electron chi connectivity index (χ4n) is 1.83. The molecule has 1 rings (SSSR count). The van der Waals surface area contributed by atoms with E-state index >= 15 is 0 Å². The van der Waals surface area contributed by atoms with Gasteiger partial charge >= 0.3 is 0 Å². The van der Waals surface area contributed by atoms with Gasteiger partial charge in [0.05, 0.1) is 5.75 Å². The predicted molar refractivity (Wildman–Crippen MR) is 62.2 cm³/mol. The van der Waals surface area contributed by atoms with Gasteiger partial charge in [-0.25, -0.2) is 13.1 Å². The number of hydrogen-bond donors (Lipinski definition) is 2. The molecule has 0 aromatic heterocycles. The number of nitrogens with one attached hydrogen (secondary N) is 2. The molecule has 0 aromatic rings. The minimum Gasteiger partial charge on any atom is -0.317 e. The molecule has 1 heterocycles. The van der Waals surface area contributed by atoms with Crippen LogP contribution in [-0.4, -0.2) is 33.8 Å². The van der Waals surface area contributed by atoms with Gasteiger partial charge in [-0.15, -0.1) is 0 Å². The van der Waals surface area contributed by atoms with E-state index in [2.05, 4.69) is 10.0 Å². The standard InChI is InChI=1S/C10H22N2O2S/c1-9(2)8-15(13,14)12-7-10-3-5-11-6-4-10/h9-12H,3-8H2,1-2H3.